The second kappa shape index (κ2) is 6.38. The first-order valence-electron chi connectivity index (χ1n) is 5.70. The number of hydrogen-bond acceptors (Lipinski definition) is 2. The topological polar surface area (TPSA) is 46.2 Å². The van der Waals surface area contributed by atoms with Crippen LogP contribution >= 0.6 is 11.6 Å². The zero-order valence-electron chi connectivity index (χ0n) is 10.1. The molecule has 1 rings (SSSR count). The minimum Gasteiger partial charge on any atom is -0.212 e. The molecule has 0 saturated carbocycles. The number of rotatable bonds is 6. The minimum atomic E-state index is -3.22. The van der Waals surface area contributed by atoms with Gasteiger partial charge in [-0.25, -0.2) is 13.1 Å². The number of hydrogen-bond donors (Lipinski definition) is 1. The summed E-state index contributed by atoms with van der Waals surface area (Å²) in [5.41, 5.74) is 0.800. The van der Waals surface area contributed by atoms with Crippen LogP contribution in [0.2, 0.25) is 5.02 Å². The molecule has 0 amide bonds. The summed E-state index contributed by atoms with van der Waals surface area (Å²) in [5, 5.41) is 0.582. The number of nitrogens with one attached hydrogen (secondary N) is 1. The molecule has 0 bridgehead atoms. The van der Waals surface area contributed by atoms with Crippen molar-refractivity contribution >= 4 is 21.6 Å². The molecule has 0 aliphatic rings. The lowest BCUT2D eigenvalue weighted by molar-refractivity contribution is 0.564. The summed E-state index contributed by atoms with van der Waals surface area (Å²) in [7, 11) is -3.22. The van der Waals surface area contributed by atoms with E-state index in [1.807, 2.05) is 25.1 Å². The van der Waals surface area contributed by atoms with Crippen molar-refractivity contribution in [3.8, 4) is 0 Å². The maximum absolute atomic E-state index is 11.7. The van der Waals surface area contributed by atoms with Gasteiger partial charge < -0.3 is 0 Å². The van der Waals surface area contributed by atoms with Crippen LogP contribution in [0.25, 0.3) is 0 Å². The van der Waals surface area contributed by atoms with E-state index in [4.69, 9.17) is 11.6 Å². The highest BCUT2D eigenvalue weighted by Gasteiger charge is 2.16. The fourth-order valence-electron chi connectivity index (χ4n) is 1.55. The van der Waals surface area contributed by atoms with Crippen LogP contribution in [0.15, 0.2) is 24.3 Å². The second-order valence-corrected chi connectivity index (χ2v) is 6.31. The van der Waals surface area contributed by atoms with E-state index in [9.17, 15) is 8.42 Å². The van der Waals surface area contributed by atoms with Gasteiger partial charge in [-0.2, -0.15) is 0 Å². The van der Waals surface area contributed by atoms with E-state index in [0.717, 1.165) is 12.0 Å². The smallest absolute Gasteiger partial charge is 0.212 e. The molecular weight excluding hydrogens is 258 g/mol. The highest BCUT2D eigenvalue weighted by Crippen LogP contribution is 2.22. The van der Waals surface area contributed by atoms with E-state index in [1.165, 1.54) is 0 Å². The van der Waals surface area contributed by atoms with Crippen LogP contribution in [0.5, 0.6) is 0 Å². The normalized spacial score (nSPS) is 13.6. The molecule has 0 saturated heterocycles. The first-order chi connectivity index (χ1) is 7.96. The van der Waals surface area contributed by atoms with Gasteiger partial charge >= 0.3 is 0 Å². The zero-order chi connectivity index (χ0) is 12.9. The van der Waals surface area contributed by atoms with Crippen LogP contribution in [0, 0.1) is 0 Å². The third-order valence-corrected chi connectivity index (χ3v) is 4.38. The Kier molecular flexibility index (Phi) is 5.43. The quantitative estimate of drug-likeness (QED) is 0.867. The van der Waals surface area contributed by atoms with Crippen molar-refractivity contribution in [1.82, 2.24) is 4.72 Å². The molecule has 0 heterocycles. The lowest BCUT2D eigenvalue weighted by Crippen LogP contribution is -2.29. The number of sulfonamides is 1. The van der Waals surface area contributed by atoms with Gasteiger partial charge in [-0.3, -0.25) is 0 Å². The van der Waals surface area contributed by atoms with E-state index >= 15 is 0 Å². The summed E-state index contributed by atoms with van der Waals surface area (Å²) < 4.78 is 26.1. The molecule has 0 fully saturated rings. The van der Waals surface area contributed by atoms with E-state index in [2.05, 4.69) is 4.72 Å². The number of halogens is 1. The van der Waals surface area contributed by atoms with E-state index in [0.29, 0.717) is 11.4 Å². The van der Waals surface area contributed by atoms with E-state index < -0.39 is 10.0 Å². The second-order valence-electron chi connectivity index (χ2n) is 4.03. The van der Waals surface area contributed by atoms with Crippen LogP contribution in [0.4, 0.5) is 0 Å². The summed E-state index contributed by atoms with van der Waals surface area (Å²) in [4.78, 5) is 0. The zero-order valence-corrected chi connectivity index (χ0v) is 11.7. The Morgan fingerprint density at radius 1 is 1.35 bits per heavy atom. The fraction of sp³-hybridized carbons (Fsp3) is 0.500. The summed E-state index contributed by atoms with van der Waals surface area (Å²) in [6.45, 7) is 3.76. The Labute approximate surface area is 108 Å². The maximum Gasteiger partial charge on any atom is 0.212 e. The molecule has 1 aromatic carbocycles. The Hall–Kier alpha value is -0.580. The van der Waals surface area contributed by atoms with Crippen molar-refractivity contribution in [2.75, 3.05) is 5.75 Å². The number of benzene rings is 1. The van der Waals surface area contributed by atoms with Crippen molar-refractivity contribution < 1.29 is 8.42 Å². The Morgan fingerprint density at radius 3 is 2.59 bits per heavy atom. The third kappa shape index (κ3) is 4.66. The van der Waals surface area contributed by atoms with Gasteiger partial charge in [-0.05, 0) is 25.0 Å². The van der Waals surface area contributed by atoms with Crippen LogP contribution in [0.1, 0.15) is 38.3 Å². The predicted octanol–water partition coefficient (Wildman–Crippen LogP) is 3.12. The fourth-order valence-corrected chi connectivity index (χ4v) is 3.30. The van der Waals surface area contributed by atoms with Gasteiger partial charge in [0.05, 0.1) is 5.75 Å². The maximum atomic E-state index is 11.7. The van der Waals surface area contributed by atoms with Gasteiger partial charge in [0.2, 0.25) is 10.0 Å². The van der Waals surface area contributed by atoms with E-state index in [1.54, 1.807) is 13.0 Å². The molecule has 0 spiro atoms. The van der Waals surface area contributed by atoms with Crippen LogP contribution < -0.4 is 4.72 Å². The lowest BCUT2D eigenvalue weighted by atomic mass is 10.1. The Balaban J connectivity index is 2.73. The van der Waals surface area contributed by atoms with Crippen LogP contribution in [-0.2, 0) is 10.0 Å². The minimum absolute atomic E-state index is 0.165. The van der Waals surface area contributed by atoms with Crippen LogP contribution in [0.3, 0.4) is 0 Å². The Bertz CT molecular complexity index is 459. The molecule has 1 aromatic rings. The molecule has 0 aromatic heterocycles. The molecule has 1 N–H and O–H groups in total. The summed E-state index contributed by atoms with van der Waals surface area (Å²) >= 11 is 6.02. The molecule has 96 valence electrons. The molecule has 0 unspecified atom stereocenters. The van der Waals surface area contributed by atoms with Crippen LogP contribution in [-0.4, -0.2) is 14.2 Å². The molecule has 0 aliphatic carbocycles. The molecule has 1 atom stereocenters. The van der Waals surface area contributed by atoms with Crippen molar-refractivity contribution in [3.05, 3.63) is 34.9 Å². The molecule has 3 nitrogen and oxygen atoms in total. The summed E-state index contributed by atoms with van der Waals surface area (Å²) in [5.74, 6) is 0.165. The van der Waals surface area contributed by atoms with Gasteiger partial charge in [0.1, 0.15) is 0 Å². The molecular formula is C12H18ClNO2S. The molecule has 17 heavy (non-hydrogen) atoms. The largest absolute Gasteiger partial charge is 0.212 e. The summed E-state index contributed by atoms with van der Waals surface area (Å²) in [6.07, 6.45) is 1.53. The number of unbranched alkanes of at least 4 members (excludes halogenated alkanes) is 1. The van der Waals surface area contributed by atoms with Gasteiger partial charge in [0.15, 0.2) is 0 Å². The average molecular weight is 276 g/mol. The molecule has 0 radical (unpaired) electrons. The predicted molar refractivity (Wildman–Crippen MR) is 71.7 cm³/mol. The SMILES string of the molecule is CCCCS(=O)(=O)N[C@@H](C)c1ccccc1Cl. The highest BCUT2D eigenvalue weighted by molar-refractivity contribution is 7.89. The lowest BCUT2D eigenvalue weighted by Gasteiger charge is -2.15. The molecule has 5 heteroatoms. The van der Waals surface area contributed by atoms with Gasteiger partial charge in [-0.1, -0.05) is 43.1 Å². The summed E-state index contributed by atoms with van der Waals surface area (Å²) in [6, 6.07) is 6.95. The average Bonchev–Trinajstić information content (AvgIpc) is 2.26. The highest BCUT2D eigenvalue weighted by atomic mass is 35.5. The van der Waals surface area contributed by atoms with Gasteiger partial charge in [0.25, 0.3) is 0 Å². The van der Waals surface area contributed by atoms with Gasteiger partial charge in [-0.15, -0.1) is 0 Å². The van der Waals surface area contributed by atoms with Crippen molar-refractivity contribution in [1.29, 1.82) is 0 Å². The monoisotopic (exact) mass is 275 g/mol. The standard InChI is InChI=1S/C12H18ClNO2S/c1-3-4-9-17(15,16)14-10(2)11-7-5-6-8-12(11)13/h5-8,10,14H,3-4,9H2,1-2H3/t10-/m0/s1. The first-order valence-corrected chi connectivity index (χ1v) is 7.73. The van der Waals surface area contributed by atoms with Crippen molar-refractivity contribution in [2.24, 2.45) is 0 Å². The van der Waals surface area contributed by atoms with Gasteiger partial charge in [0, 0.05) is 11.1 Å². The third-order valence-electron chi connectivity index (χ3n) is 2.49. The van der Waals surface area contributed by atoms with Crippen molar-refractivity contribution in [3.63, 3.8) is 0 Å². The van der Waals surface area contributed by atoms with Crippen molar-refractivity contribution in [2.45, 2.75) is 32.7 Å². The first kappa shape index (κ1) is 14.5. The Morgan fingerprint density at radius 2 is 2.00 bits per heavy atom. The van der Waals surface area contributed by atoms with E-state index in [-0.39, 0.29) is 11.8 Å². The molecule has 0 aliphatic heterocycles.